The van der Waals surface area contributed by atoms with E-state index in [1.165, 1.54) is 11.8 Å². The summed E-state index contributed by atoms with van der Waals surface area (Å²) < 4.78 is 0. The lowest BCUT2D eigenvalue weighted by molar-refractivity contribution is -0.136. The number of rotatable bonds is 3. The predicted molar refractivity (Wildman–Crippen MR) is 110 cm³/mol. The summed E-state index contributed by atoms with van der Waals surface area (Å²) in [4.78, 5) is 24.9. The highest BCUT2D eigenvalue weighted by Crippen LogP contribution is 2.41. The first-order valence-corrected chi connectivity index (χ1v) is 9.71. The number of nitroso groups, excluding NO2 is 1. The molecule has 1 heterocycles. The molecule has 142 valence electrons. The average molecular weight is 376 g/mol. The summed E-state index contributed by atoms with van der Waals surface area (Å²) in [5.74, 6) is 0.622. The van der Waals surface area contributed by atoms with Gasteiger partial charge < -0.3 is 0 Å². The van der Waals surface area contributed by atoms with Crippen molar-refractivity contribution in [2.75, 3.05) is 20.0 Å². The highest BCUT2D eigenvalue weighted by atomic mass is 32.2. The Morgan fingerprint density at radius 3 is 1.92 bits per heavy atom. The van der Waals surface area contributed by atoms with Gasteiger partial charge in [0.05, 0.1) is 10.8 Å². The zero-order chi connectivity index (χ0) is 19.9. The maximum Gasteiger partial charge on any atom is 0.275 e. The molecule has 1 amide bonds. The molecule has 1 aromatic carbocycles. The molecule has 1 aliphatic heterocycles. The molecule has 5 nitrogen and oxygen atoms in total. The lowest BCUT2D eigenvalue weighted by Crippen LogP contribution is -2.37. The summed E-state index contributed by atoms with van der Waals surface area (Å²) in [7, 11) is 3.72. The monoisotopic (exact) mass is 375 g/mol. The van der Waals surface area contributed by atoms with Crippen molar-refractivity contribution in [2.24, 2.45) is 5.18 Å². The van der Waals surface area contributed by atoms with Crippen LogP contribution in [0.25, 0.3) is 6.08 Å². The third-order valence-electron chi connectivity index (χ3n) is 4.41. The maximum absolute atomic E-state index is 12.6. The van der Waals surface area contributed by atoms with Crippen LogP contribution in [0.1, 0.15) is 58.2 Å². The van der Waals surface area contributed by atoms with E-state index in [1.54, 1.807) is 10.0 Å². The summed E-state index contributed by atoms with van der Waals surface area (Å²) in [6, 6.07) is 3.98. The van der Waals surface area contributed by atoms with Crippen molar-refractivity contribution in [1.82, 2.24) is 10.0 Å². The standard InChI is InChI=1S/C20H29N3O2S/c1-19(2,3)14-9-13(10-15(17(14)21-25)20(4,5)6)11-16-18(24)23(12-26-16)22(7)8/h9-11H,12H2,1-8H3/b16-11-. The first-order valence-electron chi connectivity index (χ1n) is 8.72. The van der Waals surface area contributed by atoms with Crippen LogP contribution in [0.2, 0.25) is 0 Å². The molecule has 0 aromatic heterocycles. The van der Waals surface area contributed by atoms with Crippen LogP contribution in [-0.2, 0) is 15.6 Å². The van der Waals surface area contributed by atoms with E-state index in [0.717, 1.165) is 16.7 Å². The fourth-order valence-electron chi connectivity index (χ4n) is 2.91. The van der Waals surface area contributed by atoms with Gasteiger partial charge in [-0.05, 0) is 50.9 Å². The Morgan fingerprint density at radius 2 is 1.58 bits per heavy atom. The van der Waals surface area contributed by atoms with E-state index in [9.17, 15) is 9.70 Å². The molecule has 0 atom stereocenters. The Bertz CT molecular complexity index is 720. The minimum absolute atomic E-state index is 0.00667. The fourth-order valence-corrected chi connectivity index (χ4v) is 3.97. The number of carbonyl (C=O) groups excluding carboxylic acids is 1. The number of carbonyl (C=O) groups is 1. The van der Waals surface area contributed by atoms with Crippen molar-refractivity contribution < 1.29 is 4.79 Å². The normalized spacial score (nSPS) is 17.5. The lowest BCUT2D eigenvalue weighted by atomic mass is 9.77. The van der Waals surface area contributed by atoms with E-state index in [2.05, 4.69) is 46.7 Å². The number of thioether (sulfide) groups is 1. The summed E-state index contributed by atoms with van der Waals surface area (Å²) in [5, 5.41) is 6.87. The van der Waals surface area contributed by atoms with E-state index >= 15 is 0 Å². The maximum atomic E-state index is 12.6. The zero-order valence-electron chi connectivity index (χ0n) is 17.0. The van der Waals surface area contributed by atoms with Crippen LogP contribution in [0.15, 0.2) is 22.2 Å². The van der Waals surface area contributed by atoms with E-state index in [1.807, 2.05) is 32.3 Å². The molecule has 0 spiro atoms. The van der Waals surface area contributed by atoms with Crippen LogP contribution in [0.5, 0.6) is 0 Å². The molecule has 0 N–H and O–H groups in total. The Morgan fingerprint density at radius 1 is 1.08 bits per heavy atom. The van der Waals surface area contributed by atoms with Crippen molar-refractivity contribution in [3.63, 3.8) is 0 Å². The Hall–Kier alpha value is -1.66. The minimum atomic E-state index is -0.222. The summed E-state index contributed by atoms with van der Waals surface area (Å²) in [6.45, 7) is 12.4. The van der Waals surface area contributed by atoms with E-state index < -0.39 is 0 Å². The summed E-state index contributed by atoms with van der Waals surface area (Å²) in [5.41, 5.74) is 2.83. The van der Waals surface area contributed by atoms with Gasteiger partial charge in [-0.2, -0.15) is 0 Å². The Balaban J connectivity index is 2.62. The predicted octanol–water partition coefficient (Wildman–Crippen LogP) is 5.03. The molecule has 0 aliphatic carbocycles. The third-order valence-corrected chi connectivity index (χ3v) is 5.38. The van der Waals surface area contributed by atoms with E-state index in [-0.39, 0.29) is 16.7 Å². The van der Waals surface area contributed by atoms with Crippen LogP contribution in [-0.4, -0.2) is 35.9 Å². The first kappa shape index (κ1) is 20.6. The van der Waals surface area contributed by atoms with Crippen molar-refractivity contribution in [3.8, 4) is 0 Å². The molecule has 0 saturated carbocycles. The minimum Gasteiger partial charge on any atom is -0.267 e. The van der Waals surface area contributed by atoms with Gasteiger partial charge in [-0.25, -0.2) is 5.01 Å². The van der Waals surface area contributed by atoms with Crippen LogP contribution < -0.4 is 0 Å². The molecular formula is C20H29N3O2S. The van der Waals surface area contributed by atoms with Gasteiger partial charge >= 0.3 is 0 Å². The van der Waals surface area contributed by atoms with Gasteiger partial charge in [0, 0.05) is 14.1 Å². The Labute approximate surface area is 160 Å². The molecular weight excluding hydrogens is 346 g/mol. The molecule has 1 fully saturated rings. The van der Waals surface area contributed by atoms with Gasteiger partial charge in [-0.15, -0.1) is 4.91 Å². The van der Waals surface area contributed by atoms with Gasteiger partial charge in [0.2, 0.25) is 0 Å². The smallest absolute Gasteiger partial charge is 0.267 e. The molecule has 0 unspecified atom stereocenters. The molecule has 1 aromatic rings. The molecule has 1 aliphatic rings. The number of amides is 1. The number of benzene rings is 1. The first-order chi connectivity index (χ1) is 11.9. The summed E-state index contributed by atoms with van der Waals surface area (Å²) >= 11 is 1.53. The fraction of sp³-hybridized carbons (Fsp3) is 0.550. The molecule has 2 rings (SSSR count). The largest absolute Gasteiger partial charge is 0.275 e. The SMILES string of the molecule is CN(C)N1CS/C(=C\c2cc(C(C)(C)C)c(N=O)c(C(C)(C)C)c2)C1=O. The topological polar surface area (TPSA) is 53.0 Å². The van der Waals surface area contributed by atoms with Gasteiger partial charge in [-0.1, -0.05) is 53.3 Å². The average Bonchev–Trinajstić information content (AvgIpc) is 2.86. The van der Waals surface area contributed by atoms with Gasteiger partial charge in [0.25, 0.3) is 5.91 Å². The van der Waals surface area contributed by atoms with Gasteiger partial charge in [0.15, 0.2) is 0 Å². The van der Waals surface area contributed by atoms with Crippen LogP contribution in [0.3, 0.4) is 0 Å². The number of hydrogen-bond acceptors (Lipinski definition) is 5. The van der Waals surface area contributed by atoms with Crippen LogP contribution >= 0.6 is 11.8 Å². The second-order valence-electron chi connectivity index (χ2n) is 8.89. The third kappa shape index (κ3) is 4.18. The number of hydrogen-bond donors (Lipinski definition) is 0. The summed E-state index contributed by atoms with van der Waals surface area (Å²) in [6.07, 6.45) is 1.93. The quantitative estimate of drug-likeness (QED) is 0.549. The molecule has 26 heavy (non-hydrogen) atoms. The molecule has 0 bridgehead atoms. The van der Waals surface area contributed by atoms with Crippen molar-refractivity contribution >= 4 is 29.4 Å². The molecule has 6 heteroatoms. The highest BCUT2D eigenvalue weighted by Gasteiger charge is 2.30. The lowest BCUT2D eigenvalue weighted by Gasteiger charge is -2.27. The second-order valence-corrected chi connectivity index (χ2v) is 9.88. The van der Waals surface area contributed by atoms with Crippen LogP contribution in [0.4, 0.5) is 5.69 Å². The van der Waals surface area contributed by atoms with Crippen molar-refractivity contribution in [3.05, 3.63) is 38.6 Å². The zero-order valence-corrected chi connectivity index (χ0v) is 17.8. The molecule has 0 radical (unpaired) electrons. The molecule has 1 saturated heterocycles. The van der Waals surface area contributed by atoms with Crippen molar-refractivity contribution in [2.45, 2.75) is 52.4 Å². The highest BCUT2D eigenvalue weighted by molar-refractivity contribution is 8.04. The van der Waals surface area contributed by atoms with E-state index in [4.69, 9.17) is 0 Å². The number of hydrazine groups is 1. The Kier molecular flexibility index (Phi) is 5.69. The van der Waals surface area contributed by atoms with Gasteiger partial charge in [0.1, 0.15) is 5.69 Å². The van der Waals surface area contributed by atoms with E-state index in [0.29, 0.717) is 16.5 Å². The number of nitrogens with zero attached hydrogens (tertiary/aromatic N) is 3. The second kappa shape index (κ2) is 7.16. The van der Waals surface area contributed by atoms with Crippen molar-refractivity contribution in [1.29, 1.82) is 0 Å². The van der Waals surface area contributed by atoms with Crippen LogP contribution in [0, 0.1) is 4.91 Å². The van der Waals surface area contributed by atoms with Gasteiger partial charge in [-0.3, -0.25) is 9.80 Å².